The van der Waals surface area contributed by atoms with Crippen LogP contribution in [-0.4, -0.2) is 33.0 Å². The molecule has 0 saturated heterocycles. The van der Waals surface area contributed by atoms with Crippen molar-refractivity contribution in [2.75, 3.05) is 17.7 Å². The first-order chi connectivity index (χ1) is 19.6. The Morgan fingerprint density at radius 1 is 0.927 bits per heavy atom. The van der Waals surface area contributed by atoms with Crippen LogP contribution in [0.15, 0.2) is 73.1 Å². The van der Waals surface area contributed by atoms with Crippen molar-refractivity contribution in [1.82, 2.24) is 19.9 Å². The topological polar surface area (TPSA) is 102 Å². The van der Waals surface area contributed by atoms with Crippen molar-refractivity contribution in [2.45, 2.75) is 26.6 Å². The van der Waals surface area contributed by atoms with Crippen molar-refractivity contribution in [3.05, 3.63) is 101 Å². The van der Waals surface area contributed by atoms with Crippen LogP contribution in [0.3, 0.4) is 0 Å². The molecule has 0 bridgehead atoms. The Kier molecular flexibility index (Phi) is 7.52. The van der Waals surface area contributed by atoms with Crippen LogP contribution in [0.5, 0.6) is 5.75 Å². The summed E-state index contributed by atoms with van der Waals surface area (Å²) in [5.41, 5.74) is 3.98. The number of anilines is 2. The van der Waals surface area contributed by atoms with Crippen molar-refractivity contribution in [3.63, 3.8) is 0 Å². The quantitative estimate of drug-likeness (QED) is 0.232. The minimum atomic E-state index is -4.65. The van der Waals surface area contributed by atoms with Crippen LogP contribution in [0.25, 0.3) is 22.2 Å². The summed E-state index contributed by atoms with van der Waals surface area (Å²) < 4.78 is 44.3. The average Bonchev–Trinajstić information content (AvgIpc) is 2.96. The third-order valence-electron chi connectivity index (χ3n) is 6.47. The maximum absolute atomic E-state index is 13.0. The molecular weight excluding hydrogens is 533 g/mol. The van der Waals surface area contributed by atoms with E-state index >= 15 is 0 Å². The van der Waals surface area contributed by atoms with Crippen LogP contribution in [0.1, 0.15) is 32.9 Å². The molecule has 3 aromatic heterocycles. The molecule has 0 fully saturated rings. The minimum absolute atomic E-state index is 0.147. The molecule has 41 heavy (non-hydrogen) atoms. The maximum Gasteiger partial charge on any atom is 0.433 e. The highest BCUT2D eigenvalue weighted by molar-refractivity contribution is 6.04. The molecule has 2 aromatic carbocycles. The number of methoxy groups -OCH3 is 1. The van der Waals surface area contributed by atoms with E-state index in [1.165, 1.54) is 6.07 Å². The number of benzene rings is 2. The Morgan fingerprint density at radius 3 is 2.44 bits per heavy atom. The lowest BCUT2D eigenvalue weighted by Crippen LogP contribution is -2.15. The third-order valence-corrected chi connectivity index (χ3v) is 6.47. The fourth-order valence-corrected chi connectivity index (χ4v) is 4.25. The molecule has 0 atom stereocenters. The van der Waals surface area contributed by atoms with E-state index in [1.54, 1.807) is 25.4 Å². The minimum Gasteiger partial charge on any atom is -0.497 e. The number of carbonyl (C=O) groups excluding carboxylic acids is 1. The lowest BCUT2D eigenvalue weighted by molar-refractivity contribution is -0.141. The molecule has 0 aliphatic rings. The van der Waals surface area contributed by atoms with Gasteiger partial charge in [0, 0.05) is 46.8 Å². The molecule has 1 amide bonds. The standard InChI is InChI=1S/C30H25F3N6O2/c1-17-4-7-22(38-28(40)20-10-11-34-26(13-20)30(31,32)33)14-24(17)25-12-21-16-36-29(39-27(21)37-18(25)2)35-15-19-5-8-23(41-3)9-6-19/h4-14,16H,15H2,1-3H3,(H,38,40)(H,35,36,37,39). The van der Waals surface area contributed by atoms with Gasteiger partial charge in [-0.1, -0.05) is 18.2 Å². The van der Waals surface area contributed by atoms with Crippen LogP contribution in [0, 0.1) is 13.8 Å². The zero-order valence-corrected chi connectivity index (χ0v) is 22.4. The van der Waals surface area contributed by atoms with Gasteiger partial charge in [0.2, 0.25) is 5.95 Å². The number of aromatic nitrogens is 4. The summed E-state index contributed by atoms with van der Waals surface area (Å²) in [6, 6.07) is 16.8. The van der Waals surface area contributed by atoms with Gasteiger partial charge in [-0.15, -0.1) is 0 Å². The fourth-order valence-electron chi connectivity index (χ4n) is 4.25. The molecule has 8 nitrogen and oxygen atoms in total. The van der Waals surface area contributed by atoms with Gasteiger partial charge in [-0.2, -0.15) is 18.2 Å². The number of pyridine rings is 2. The second kappa shape index (κ2) is 11.2. The van der Waals surface area contributed by atoms with E-state index in [-0.39, 0.29) is 5.56 Å². The number of fused-ring (bicyclic) bond motifs is 1. The molecule has 5 aromatic rings. The van der Waals surface area contributed by atoms with Crippen molar-refractivity contribution in [2.24, 2.45) is 0 Å². The number of aryl methyl sites for hydroxylation is 2. The van der Waals surface area contributed by atoms with Gasteiger partial charge in [-0.3, -0.25) is 9.78 Å². The zero-order valence-electron chi connectivity index (χ0n) is 22.4. The first-order valence-corrected chi connectivity index (χ1v) is 12.6. The van der Waals surface area contributed by atoms with Crippen LogP contribution >= 0.6 is 0 Å². The average molecular weight is 559 g/mol. The molecular formula is C30H25F3N6O2. The molecule has 0 unspecified atom stereocenters. The first-order valence-electron chi connectivity index (χ1n) is 12.6. The Hall–Kier alpha value is -5.06. The molecule has 11 heteroatoms. The molecule has 0 spiro atoms. The van der Waals surface area contributed by atoms with Gasteiger partial charge in [0.15, 0.2) is 5.65 Å². The molecule has 0 aliphatic carbocycles. The highest BCUT2D eigenvalue weighted by atomic mass is 19.4. The highest BCUT2D eigenvalue weighted by Crippen LogP contribution is 2.32. The second-order valence-electron chi connectivity index (χ2n) is 9.34. The van der Waals surface area contributed by atoms with Gasteiger partial charge in [-0.05, 0) is 73.0 Å². The van der Waals surface area contributed by atoms with Gasteiger partial charge < -0.3 is 15.4 Å². The van der Waals surface area contributed by atoms with E-state index in [9.17, 15) is 18.0 Å². The van der Waals surface area contributed by atoms with E-state index in [2.05, 4.69) is 25.6 Å². The Balaban J connectivity index is 1.37. The SMILES string of the molecule is COc1ccc(CNc2ncc3cc(-c4cc(NC(=O)c5ccnc(C(F)(F)F)c5)ccc4C)c(C)nc3n2)cc1. The van der Waals surface area contributed by atoms with Gasteiger partial charge in [0.1, 0.15) is 11.4 Å². The highest BCUT2D eigenvalue weighted by Gasteiger charge is 2.33. The normalized spacial score (nSPS) is 11.4. The van der Waals surface area contributed by atoms with E-state index in [4.69, 9.17) is 9.72 Å². The first kappa shape index (κ1) is 27.5. The van der Waals surface area contributed by atoms with Gasteiger partial charge in [0.25, 0.3) is 5.91 Å². The molecule has 2 N–H and O–H groups in total. The van der Waals surface area contributed by atoms with E-state index in [1.807, 2.05) is 50.2 Å². The summed E-state index contributed by atoms with van der Waals surface area (Å²) in [6.07, 6.45) is -1.99. The Bertz CT molecular complexity index is 1740. The summed E-state index contributed by atoms with van der Waals surface area (Å²) >= 11 is 0. The summed E-state index contributed by atoms with van der Waals surface area (Å²) in [5.74, 6) is 0.547. The molecule has 208 valence electrons. The summed E-state index contributed by atoms with van der Waals surface area (Å²) in [4.78, 5) is 29.7. The second-order valence-corrected chi connectivity index (χ2v) is 9.34. The Morgan fingerprint density at radius 2 is 1.71 bits per heavy atom. The maximum atomic E-state index is 13.0. The number of amides is 1. The number of halogens is 3. The smallest absolute Gasteiger partial charge is 0.433 e. The van der Waals surface area contributed by atoms with E-state index < -0.39 is 17.8 Å². The van der Waals surface area contributed by atoms with Crippen LogP contribution in [-0.2, 0) is 12.7 Å². The molecule has 0 aliphatic heterocycles. The van der Waals surface area contributed by atoms with Crippen molar-refractivity contribution < 1.29 is 22.7 Å². The van der Waals surface area contributed by atoms with Crippen molar-refractivity contribution >= 4 is 28.6 Å². The summed E-state index contributed by atoms with van der Waals surface area (Å²) in [6.45, 7) is 4.31. The molecule has 0 saturated carbocycles. The number of ether oxygens (including phenoxy) is 1. The van der Waals surface area contributed by atoms with Crippen molar-refractivity contribution in [1.29, 1.82) is 0 Å². The lowest BCUT2D eigenvalue weighted by Gasteiger charge is -2.14. The summed E-state index contributed by atoms with van der Waals surface area (Å²) in [7, 11) is 1.62. The number of nitrogens with one attached hydrogen (secondary N) is 2. The van der Waals surface area contributed by atoms with Crippen LogP contribution in [0.2, 0.25) is 0 Å². The predicted molar refractivity (Wildman–Crippen MR) is 150 cm³/mol. The van der Waals surface area contributed by atoms with Crippen LogP contribution in [0.4, 0.5) is 24.8 Å². The molecule has 0 radical (unpaired) electrons. The number of carbonyl (C=O) groups is 1. The zero-order chi connectivity index (χ0) is 29.1. The predicted octanol–water partition coefficient (Wildman–Crippen LogP) is 6.60. The Labute approximate surface area is 233 Å². The van der Waals surface area contributed by atoms with Gasteiger partial charge in [0.05, 0.1) is 7.11 Å². The molecule has 3 heterocycles. The number of hydrogen-bond acceptors (Lipinski definition) is 7. The van der Waals surface area contributed by atoms with E-state index in [0.717, 1.165) is 45.7 Å². The fraction of sp³-hybridized carbons (Fsp3) is 0.167. The number of rotatable bonds is 7. The monoisotopic (exact) mass is 558 g/mol. The number of nitrogens with zero attached hydrogens (tertiary/aromatic N) is 4. The van der Waals surface area contributed by atoms with Crippen LogP contribution < -0.4 is 15.4 Å². The third kappa shape index (κ3) is 6.24. The van der Waals surface area contributed by atoms with E-state index in [0.29, 0.717) is 29.5 Å². The number of hydrogen-bond donors (Lipinski definition) is 2. The lowest BCUT2D eigenvalue weighted by atomic mass is 9.98. The largest absolute Gasteiger partial charge is 0.497 e. The van der Waals surface area contributed by atoms with Crippen molar-refractivity contribution in [3.8, 4) is 16.9 Å². The summed E-state index contributed by atoms with van der Waals surface area (Å²) in [5, 5.41) is 6.61. The van der Waals surface area contributed by atoms with Gasteiger partial charge in [-0.25, -0.2) is 9.97 Å². The molecule has 5 rings (SSSR count). The van der Waals surface area contributed by atoms with Gasteiger partial charge >= 0.3 is 6.18 Å². The number of alkyl halides is 3.